The van der Waals surface area contributed by atoms with Crippen LogP contribution in [0.2, 0.25) is 5.02 Å². The summed E-state index contributed by atoms with van der Waals surface area (Å²) in [7, 11) is 3.40. The van der Waals surface area contributed by atoms with Crippen LogP contribution >= 0.6 is 11.6 Å². The van der Waals surface area contributed by atoms with Gasteiger partial charge in [-0.1, -0.05) is 43.0 Å². The van der Waals surface area contributed by atoms with E-state index in [2.05, 4.69) is 27.7 Å². The van der Waals surface area contributed by atoms with Crippen molar-refractivity contribution < 1.29 is 14.3 Å². The second-order valence-corrected chi connectivity index (χ2v) is 11.5. The van der Waals surface area contributed by atoms with Gasteiger partial charge < -0.3 is 20.1 Å². The van der Waals surface area contributed by atoms with Crippen LogP contribution in [0.1, 0.15) is 68.9 Å². The van der Waals surface area contributed by atoms with Gasteiger partial charge in [0.05, 0.1) is 14.2 Å². The van der Waals surface area contributed by atoms with Gasteiger partial charge in [0.25, 0.3) is 0 Å². The lowest BCUT2D eigenvalue weighted by atomic mass is 9.64. The number of methoxy groups -OCH3 is 2. The Morgan fingerprint density at radius 1 is 1.00 bits per heavy atom. The molecule has 2 amide bonds. The van der Waals surface area contributed by atoms with E-state index in [1.807, 2.05) is 25.1 Å². The fourth-order valence-electron chi connectivity index (χ4n) is 7.12. The number of nitrogens with zero attached hydrogens (tertiary/aromatic N) is 1. The molecule has 3 atom stereocenters. The van der Waals surface area contributed by atoms with E-state index in [1.54, 1.807) is 20.3 Å². The summed E-state index contributed by atoms with van der Waals surface area (Å²) in [6.07, 6.45) is 10.6. The lowest BCUT2D eigenvalue weighted by Crippen LogP contribution is -2.55. The normalized spacial score (nSPS) is 26.4. The van der Waals surface area contributed by atoms with Crippen molar-refractivity contribution in [3.63, 3.8) is 0 Å². The Morgan fingerprint density at radius 3 is 2.54 bits per heavy atom. The maximum Gasteiger partial charge on any atom is 0.319 e. The fraction of sp³-hybridized carbons (Fsp3) is 0.567. The van der Waals surface area contributed by atoms with Crippen LogP contribution < -0.4 is 20.1 Å². The summed E-state index contributed by atoms with van der Waals surface area (Å²) in [5.74, 6) is 1.56. The standard InChI is InChI=1S/C30H40ClN3O3/c1-20-9-11-22(31)18-25(20)33-29(35)32-23-13-14-30(21-10-12-26(36-2)27(17-21)37-3)15-16-34(28(30)19-23)24-7-5-4-6-8-24/h9-12,17-18,23-24,28H,4-8,13-16,19H2,1-3H3,(H2,32,33,35). The first kappa shape index (κ1) is 26.2. The lowest BCUT2D eigenvalue weighted by Gasteiger charge is -2.47. The van der Waals surface area contributed by atoms with Crippen LogP contribution in [0, 0.1) is 6.92 Å². The monoisotopic (exact) mass is 525 g/mol. The second kappa shape index (κ2) is 11.1. The highest BCUT2D eigenvalue weighted by atomic mass is 35.5. The molecule has 6 nitrogen and oxygen atoms in total. The van der Waals surface area contributed by atoms with Crippen molar-refractivity contribution in [2.24, 2.45) is 0 Å². The summed E-state index contributed by atoms with van der Waals surface area (Å²) in [5, 5.41) is 6.94. The third kappa shape index (κ3) is 5.28. The quantitative estimate of drug-likeness (QED) is 0.441. The van der Waals surface area contributed by atoms with Gasteiger partial charge >= 0.3 is 6.03 Å². The van der Waals surface area contributed by atoms with E-state index >= 15 is 0 Å². The maximum absolute atomic E-state index is 13.0. The molecule has 1 saturated heterocycles. The molecule has 0 radical (unpaired) electrons. The number of hydrogen-bond acceptors (Lipinski definition) is 4. The Labute approximate surface area is 226 Å². The first-order valence-corrected chi connectivity index (χ1v) is 14.1. The summed E-state index contributed by atoms with van der Waals surface area (Å²) in [6.45, 7) is 3.09. The number of carbonyl (C=O) groups is 1. The van der Waals surface area contributed by atoms with Crippen LogP contribution in [-0.4, -0.2) is 49.8 Å². The van der Waals surface area contributed by atoms with Crippen molar-refractivity contribution in [3.8, 4) is 11.5 Å². The number of nitrogens with one attached hydrogen (secondary N) is 2. The number of hydrogen-bond donors (Lipinski definition) is 2. The summed E-state index contributed by atoms with van der Waals surface area (Å²) < 4.78 is 11.2. The number of ether oxygens (including phenoxy) is 2. The van der Waals surface area contributed by atoms with E-state index in [0.29, 0.717) is 17.1 Å². The van der Waals surface area contributed by atoms with Gasteiger partial charge in [0, 0.05) is 34.3 Å². The Balaban J connectivity index is 1.38. The Kier molecular flexibility index (Phi) is 7.87. The summed E-state index contributed by atoms with van der Waals surface area (Å²) in [4.78, 5) is 15.8. The van der Waals surface area contributed by atoms with Gasteiger partial charge in [0.1, 0.15) is 0 Å². The molecule has 7 heteroatoms. The van der Waals surface area contributed by atoms with Gasteiger partial charge in [-0.15, -0.1) is 0 Å². The minimum absolute atomic E-state index is 0.0647. The van der Waals surface area contributed by atoms with Crippen molar-refractivity contribution in [1.82, 2.24) is 10.2 Å². The third-order valence-electron chi connectivity index (χ3n) is 9.09. The number of amides is 2. The Hall–Kier alpha value is -2.44. The Bertz CT molecular complexity index is 1120. The molecule has 200 valence electrons. The molecule has 2 N–H and O–H groups in total. The third-order valence-corrected chi connectivity index (χ3v) is 9.32. The zero-order valence-corrected chi connectivity index (χ0v) is 23.1. The molecule has 0 aromatic heterocycles. The number of likely N-dealkylation sites (tertiary alicyclic amines) is 1. The molecule has 2 saturated carbocycles. The van der Waals surface area contributed by atoms with E-state index in [0.717, 1.165) is 55.0 Å². The number of fused-ring (bicyclic) bond motifs is 1. The van der Waals surface area contributed by atoms with E-state index in [9.17, 15) is 4.79 Å². The predicted octanol–water partition coefficient (Wildman–Crippen LogP) is 6.68. The van der Waals surface area contributed by atoms with Crippen LogP contribution in [-0.2, 0) is 5.41 Å². The molecular formula is C30H40ClN3O3. The minimum atomic E-state index is -0.156. The van der Waals surface area contributed by atoms with Gasteiger partial charge in [0.15, 0.2) is 11.5 Å². The van der Waals surface area contributed by atoms with Crippen LogP contribution in [0.4, 0.5) is 10.5 Å². The van der Waals surface area contributed by atoms with Crippen molar-refractivity contribution in [2.75, 3.05) is 26.1 Å². The summed E-state index contributed by atoms with van der Waals surface area (Å²) >= 11 is 6.16. The molecule has 0 bridgehead atoms. The van der Waals surface area contributed by atoms with Gasteiger partial charge in [0.2, 0.25) is 0 Å². The molecule has 5 rings (SSSR count). The average molecular weight is 526 g/mol. The van der Waals surface area contributed by atoms with Crippen LogP contribution in [0.3, 0.4) is 0 Å². The number of aryl methyl sites for hydroxylation is 1. The fourth-order valence-corrected chi connectivity index (χ4v) is 7.29. The average Bonchev–Trinajstić information content (AvgIpc) is 3.30. The van der Waals surface area contributed by atoms with Gasteiger partial charge in [-0.2, -0.15) is 0 Å². The smallest absolute Gasteiger partial charge is 0.319 e. The van der Waals surface area contributed by atoms with Crippen molar-refractivity contribution >= 4 is 23.3 Å². The zero-order chi connectivity index (χ0) is 26.0. The first-order chi connectivity index (χ1) is 17.9. The molecule has 3 fully saturated rings. The topological polar surface area (TPSA) is 62.8 Å². The van der Waals surface area contributed by atoms with Crippen LogP contribution in [0.25, 0.3) is 0 Å². The van der Waals surface area contributed by atoms with Crippen LogP contribution in [0.5, 0.6) is 11.5 Å². The summed E-state index contributed by atoms with van der Waals surface area (Å²) in [6, 6.07) is 13.1. The van der Waals surface area contributed by atoms with Crippen molar-refractivity contribution in [2.45, 2.75) is 88.3 Å². The second-order valence-electron chi connectivity index (χ2n) is 11.1. The number of urea groups is 1. The van der Waals surface area contributed by atoms with E-state index in [1.165, 1.54) is 37.7 Å². The molecule has 0 spiro atoms. The number of carbonyl (C=O) groups excluding carboxylic acids is 1. The van der Waals surface area contributed by atoms with Gasteiger partial charge in [-0.05, 0) is 87.4 Å². The highest BCUT2D eigenvalue weighted by Gasteiger charge is 2.53. The molecule has 2 aliphatic carbocycles. The number of benzene rings is 2. The molecule has 1 aliphatic heterocycles. The number of halogens is 1. The first-order valence-electron chi connectivity index (χ1n) is 13.8. The van der Waals surface area contributed by atoms with Gasteiger partial charge in [-0.3, -0.25) is 4.90 Å². The SMILES string of the molecule is COc1ccc(C23CCC(NC(=O)Nc4cc(Cl)ccc4C)CC2N(C2CCCCC2)CC3)cc1OC. The van der Waals surface area contributed by atoms with Crippen molar-refractivity contribution in [3.05, 3.63) is 52.5 Å². The highest BCUT2D eigenvalue weighted by Crippen LogP contribution is 2.51. The molecule has 2 aromatic rings. The molecule has 2 aromatic carbocycles. The van der Waals surface area contributed by atoms with Gasteiger partial charge in [-0.25, -0.2) is 4.79 Å². The molecule has 1 heterocycles. The largest absolute Gasteiger partial charge is 0.493 e. The number of anilines is 1. The van der Waals surface area contributed by atoms with Crippen molar-refractivity contribution in [1.29, 1.82) is 0 Å². The predicted molar refractivity (Wildman–Crippen MR) is 149 cm³/mol. The minimum Gasteiger partial charge on any atom is -0.493 e. The molecular weight excluding hydrogens is 486 g/mol. The summed E-state index contributed by atoms with van der Waals surface area (Å²) in [5.41, 5.74) is 3.15. The number of rotatable bonds is 6. The van der Waals surface area contributed by atoms with E-state index in [-0.39, 0.29) is 17.5 Å². The molecule has 37 heavy (non-hydrogen) atoms. The molecule has 3 aliphatic rings. The Morgan fingerprint density at radius 2 is 1.78 bits per heavy atom. The highest BCUT2D eigenvalue weighted by molar-refractivity contribution is 6.31. The maximum atomic E-state index is 13.0. The lowest BCUT2D eigenvalue weighted by molar-refractivity contribution is 0.0825. The van der Waals surface area contributed by atoms with E-state index in [4.69, 9.17) is 21.1 Å². The van der Waals surface area contributed by atoms with Crippen LogP contribution in [0.15, 0.2) is 36.4 Å². The zero-order valence-electron chi connectivity index (χ0n) is 22.3. The van der Waals surface area contributed by atoms with E-state index < -0.39 is 0 Å². The molecule has 3 unspecified atom stereocenters.